The molecule has 0 aliphatic carbocycles. The maximum Gasteiger partial charge on any atom is 0.170 e. The lowest BCUT2D eigenvalue weighted by Gasteiger charge is -2.01. The Morgan fingerprint density at radius 2 is 2.27 bits per heavy atom. The molecule has 0 fully saturated rings. The number of halogens is 1. The summed E-state index contributed by atoms with van der Waals surface area (Å²) in [5.41, 5.74) is 0.368. The van der Waals surface area contributed by atoms with E-state index in [1.54, 1.807) is 12.1 Å². The number of benzene rings is 1. The smallest absolute Gasteiger partial charge is 0.170 e. The van der Waals surface area contributed by atoms with E-state index in [2.05, 4.69) is 0 Å². The van der Waals surface area contributed by atoms with Crippen molar-refractivity contribution in [2.24, 2.45) is 0 Å². The number of phenolic OH excluding ortho intramolecular Hbond substituents is 1. The highest BCUT2D eigenvalue weighted by atomic mass is 19.1. The van der Waals surface area contributed by atoms with Gasteiger partial charge in [0.1, 0.15) is 0 Å². The standard InChI is InChI=1S/C8H9FO2/c1-11-5-6-3-2-4-7(10)8(6)9/h2-4,10H,5H2,1H3. The van der Waals surface area contributed by atoms with Crippen LogP contribution in [0.25, 0.3) is 0 Å². The van der Waals surface area contributed by atoms with E-state index in [1.165, 1.54) is 13.2 Å². The van der Waals surface area contributed by atoms with Crippen molar-refractivity contribution >= 4 is 0 Å². The fraction of sp³-hybridized carbons (Fsp3) is 0.250. The lowest BCUT2D eigenvalue weighted by Crippen LogP contribution is -1.91. The van der Waals surface area contributed by atoms with Crippen molar-refractivity contribution in [1.82, 2.24) is 0 Å². The summed E-state index contributed by atoms with van der Waals surface area (Å²) in [4.78, 5) is 0. The predicted molar refractivity (Wildman–Crippen MR) is 38.8 cm³/mol. The maximum atomic E-state index is 12.9. The van der Waals surface area contributed by atoms with Gasteiger partial charge in [-0.1, -0.05) is 12.1 Å². The van der Waals surface area contributed by atoms with Crippen molar-refractivity contribution in [2.75, 3.05) is 7.11 Å². The Balaban J connectivity index is 2.96. The lowest BCUT2D eigenvalue weighted by atomic mass is 10.2. The van der Waals surface area contributed by atoms with Crippen LogP contribution in [0.4, 0.5) is 4.39 Å². The van der Waals surface area contributed by atoms with Gasteiger partial charge in [0.2, 0.25) is 0 Å². The van der Waals surface area contributed by atoms with Gasteiger partial charge in [0, 0.05) is 12.7 Å². The predicted octanol–water partition coefficient (Wildman–Crippen LogP) is 1.68. The van der Waals surface area contributed by atoms with Gasteiger partial charge in [0.15, 0.2) is 11.6 Å². The minimum Gasteiger partial charge on any atom is -0.505 e. The molecule has 0 aliphatic heterocycles. The quantitative estimate of drug-likeness (QED) is 0.705. The fourth-order valence-corrected chi connectivity index (χ4v) is 0.833. The second-order valence-corrected chi connectivity index (χ2v) is 2.18. The van der Waals surface area contributed by atoms with E-state index < -0.39 is 5.82 Å². The van der Waals surface area contributed by atoms with Gasteiger partial charge in [-0.25, -0.2) is 4.39 Å². The number of ether oxygens (including phenoxy) is 1. The third kappa shape index (κ3) is 1.68. The van der Waals surface area contributed by atoms with Crippen LogP contribution in [0.15, 0.2) is 18.2 Å². The molecule has 1 aromatic carbocycles. The van der Waals surface area contributed by atoms with Gasteiger partial charge in [-0.15, -0.1) is 0 Å². The molecule has 0 aliphatic rings. The van der Waals surface area contributed by atoms with Gasteiger partial charge in [-0.2, -0.15) is 0 Å². The second kappa shape index (κ2) is 3.34. The van der Waals surface area contributed by atoms with Crippen LogP contribution in [0.5, 0.6) is 5.75 Å². The summed E-state index contributed by atoms with van der Waals surface area (Å²) in [5, 5.41) is 8.90. The molecule has 1 N–H and O–H groups in total. The number of methoxy groups -OCH3 is 1. The molecule has 2 nitrogen and oxygen atoms in total. The molecule has 1 rings (SSSR count). The highest BCUT2D eigenvalue weighted by Gasteiger charge is 2.04. The molecule has 60 valence electrons. The largest absolute Gasteiger partial charge is 0.505 e. The van der Waals surface area contributed by atoms with Gasteiger partial charge >= 0.3 is 0 Å². The summed E-state index contributed by atoms with van der Waals surface area (Å²) in [6.07, 6.45) is 0. The third-order valence-corrected chi connectivity index (χ3v) is 1.36. The van der Waals surface area contributed by atoms with E-state index in [1.807, 2.05) is 0 Å². The minimum atomic E-state index is -0.602. The van der Waals surface area contributed by atoms with Gasteiger partial charge < -0.3 is 9.84 Å². The molecule has 0 amide bonds. The summed E-state index contributed by atoms with van der Waals surface area (Å²) in [6, 6.07) is 4.44. The maximum absolute atomic E-state index is 12.9. The average molecular weight is 156 g/mol. The molecule has 0 heterocycles. The molecule has 0 atom stereocenters. The first kappa shape index (κ1) is 8.01. The Labute approximate surface area is 64.2 Å². The first-order chi connectivity index (χ1) is 5.25. The fourth-order valence-electron chi connectivity index (χ4n) is 0.833. The van der Waals surface area contributed by atoms with Crippen LogP contribution in [-0.4, -0.2) is 12.2 Å². The van der Waals surface area contributed by atoms with Crippen molar-refractivity contribution in [3.63, 3.8) is 0 Å². The highest BCUT2D eigenvalue weighted by molar-refractivity contribution is 5.29. The summed E-state index contributed by atoms with van der Waals surface area (Å²) in [6.45, 7) is 0.181. The van der Waals surface area contributed by atoms with Crippen LogP contribution < -0.4 is 0 Å². The van der Waals surface area contributed by atoms with Gasteiger partial charge in [-0.05, 0) is 6.07 Å². The third-order valence-electron chi connectivity index (χ3n) is 1.36. The van der Waals surface area contributed by atoms with Crippen LogP contribution in [0.3, 0.4) is 0 Å². The van der Waals surface area contributed by atoms with Crippen molar-refractivity contribution in [2.45, 2.75) is 6.61 Å². The molecule has 1 aromatic rings. The first-order valence-corrected chi connectivity index (χ1v) is 3.21. The molecule has 0 bridgehead atoms. The number of phenols is 1. The van der Waals surface area contributed by atoms with E-state index >= 15 is 0 Å². The van der Waals surface area contributed by atoms with E-state index in [0.717, 1.165) is 0 Å². The molecule has 0 aromatic heterocycles. The normalized spacial score (nSPS) is 10.0. The Morgan fingerprint density at radius 1 is 1.55 bits per heavy atom. The summed E-state index contributed by atoms with van der Waals surface area (Å²) >= 11 is 0. The molecule has 0 spiro atoms. The highest BCUT2D eigenvalue weighted by Crippen LogP contribution is 2.18. The molecule has 0 unspecified atom stereocenters. The van der Waals surface area contributed by atoms with Gasteiger partial charge in [0.05, 0.1) is 6.61 Å². The molecule has 0 radical (unpaired) electrons. The van der Waals surface area contributed by atoms with Crippen molar-refractivity contribution in [1.29, 1.82) is 0 Å². The SMILES string of the molecule is COCc1cccc(O)c1F. The van der Waals surface area contributed by atoms with E-state index in [9.17, 15) is 4.39 Å². The molecular weight excluding hydrogens is 147 g/mol. The van der Waals surface area contributed by atoms with E-state index in [0.29, 0.717) is 5.56 Å². The number of hydrogen-bond acceptors (Lipinski definition) is 2. The number of aromatic hydroxyl groups is 1. The molecule has 0 saturated heterocycles. The first-order valence-electron chi connectivity index (χ1n) is 3.21. The lowest BCUT2D eigenvalue weighted by molar-refractivity contribution is 0.180. The Morgan fingerprint density at radius 3 is 2.91 bits per heavy atom. The number of hydrogen-bond donors (Lipinski definition) is 1. The van der Waals surface area contributed by atoms with Crippen molar-refractivity contribution in [3.8, 4) is 5.75 Å². The summed E-state index contributed by atoms with van der Waals surface area (Å²) in [5.74, 6) is -0.936. The minimum absolute atomic E-state index is 0.181. The van der Waals surface area contributed by atoms with Gasteiger partial charge in [0.25, 0.3) is 0 Å². The van der Waals surface area contributed by atoms with E-state index in [-0.39, 0.29) is 12.4 Å². The van der Waals surface area contributed by atoms with Crippen molar-refractivity contribution < 1.29 is 14.2 Å². The van der Waals surface area contributed by atoms with Gasteiger partial charge in [-0.3, -0.25) is 0 Å². The zero-order chi connectivity index (χ0) is 8.27. The van der Waals surface area contributed by atoms with E-state index in [4.69, 9.17) is 9.84 Å². The monoisotopic (exact) mass is 156 g/mol. The van der Waals surface area contributed by atoms with Crippen LogP contribution in [-0.2, 0) is 11.3 Å². The Hall–Kier alpha value is -1.09. The van der Waals surface area contributed by atoms with Crippen LogP contribution in [0, 0.1) is 5.82 Å². The average Bonchev–Trinajstić information content (AvgIpc) is 1.99. The Bertz CT molecular complexity index is 248. The topological polar surface area (TPSA) is 29.5 Å². The Kier molecular flexibility index (Phi) is 2.44. The molecule has 11 heavy (non-hydrogen) atoms. The van der Waals surface area contributed by atoms with Crippen molar-refractivity contribution in [3.05, 3.63) is 29.6 Å². The van der Waals surface area contributed by atoms with Crippen LogP contribution in [0.2, 0.25) is 0 Å². The number of rotatable bonds is 2. The molecule has 0 saturated carbocycles. The summed E-state index contributed by atoms with van der Waals surface area (Å²) in [7, 11) is 1.48. The zero-order valence-corrected chi connectivity index (χ0v) is 6.17. The van der Waals surface area contributed by atoms with Crippen LogP contribution >= 0.6 is 0 Å². The molecule has 3 heteroatoms. The van der Waals surface area contributed by atoms with Crippen LogP contribution in [0.1, 0.15) is 5.56 Å². The summed E-state index contributed by atoms with van der Waals surface area (Å²) < 4.78 is 17.6. The zero-order valence-electron chi connectivity index (χ0n) is 6.17. The molecular formula is C8H9FO2. The second-order valence-electron chi connectivity index (χ2n) is 2.18.